The lowest BCUT2D eigenvalue weighted by atomic mass is 10.1. The van der Waals surface area contributed by atoms with Crippen molar-refractivity contribution in [1.82, 2.24) is 0 Å². The van der Waals surface area contributed by atoms with Gasteiger partial charge in [-0.2, -0.15) is 0 Å². The van der Waals surface area contributed by atoms with Gasteiger partial charge in [0.25, 0.3) is 0 Å². The van der Waals surface area contributed by atoms with Gasteiger partial charge in [-0.3, -0.25) is 4.99 Å². The molecule has 1 aliphatic rings. The van der Waals surface area contributed by atoms with E-state index < -0.39 is 0 Å². The third kappa shape index (κ3) is 2.71. The van der Waals surface area contributed by atoms with E-state index >= 15 is 0 Å². The molecule has 2 heteroatoms. The minimum Gasteiger partial charge on any atom is -0.378 e. The van der Waals surface area contributed by atoms with E-state index in [0.717, 1.165) is 17.7 Å². The molecule has 1 aliphatic carbocycles. The monoisotopic (exact) mass is 312 g/mol. The van der Waals surface area contributed by atoms with Crippen LogP contribution in [0.15, 0.2) is 71.7 Å². The van der Waals surface area contributed by atoms with Gasteiger partial charge in [0, 0.05) is 26.0 Å². The lowest BCUT2D eigenvalue weighted by molar-refractivity contribution is 1.13. The molecule has 0 bridgehead atoms. The molecule has 2 nitrogen and oxygen atoms in total. The summed E-state index contributed by atoms with van der Waals surface area (Å²) in [6.45, 7) is 0. The molecule has 0 fully saturated rings. The third-order valence-electron chi connectivity index (χ3n) is 4.55. The fourth-order valence-electron chi connectivity index (χ4n) is 3.22. The first kappa shape index (κ1) is 14.7. The first-order chi connectivity index (χ1) is 11.7. The maximum absolute atomic E-state index is 4.65. The van der Waals surface area contributed by atoms with Crippen LogP contribution < -0.4 is 4.90 Å². The average molecular weight is 312 g/mol. The summed E-state index contributed by atoms with van der Waals surface area (Å²) < 4.78 is 0. The van der Waals surface area contributed by atoms with Gasteiger partial charge in [0.1, 0.15) is 0 Å². The molecule has 0 saturated carbocycles. The topological polar surface area (TPSA) is 15.6 Å². The molecule has 0 spiro atoms. The smallest absolute Gasteiger partial charge is 0.0633 e. The number of rotatable bonds is 3. The number of fused-ring (bicyclic) bond motifs is 3. The Bertz CT molecular complexity index is 906. The van der Waals surface area contributed by atoms with Gasteiger partial charge >= 0.3 is 0 Å². The van der Waals surface area contributed by atoms with Gasteiger partial charge in [-0.1, -0.05) is 42.5 Å². The lowest BCUT2D eigenvalue weighted by Gasteiger charge is -2.11. The zero-order valence-corrected chi connectivity index (χ0v) is 14.0. The van der Waals surface area contributed by atoms with Crippen LogP contribution in [0.2, 0.25) is 0 Å². The highest BCUT2D eigenvalue weighted by Crippen LogP contribution is 2.38. The van der Waals surface area contributed by atoms with Crippen molar-refractivity contribution in [3.8, 4) is 11.1 Å². The van der Waals surface area contributed by atoms with Crippen LogP contribution in [-0.2, 0) is 6.42 Å². The summed E-state index contributed by atoms with van der Waals surface area (Å²) in [5, 5.41) is 0. The summed E-state index contributed by atoms with van der Waals surface area (Å²) in [5.74, 6) is 0. The summed E-state index contributed by atoms with van der Waals surface area (Å²) in [6, 6.07) is 23.6. The molecule has 0 radical (unpaired) electrons. The van der Waals surface area contributed by atoms with Gasteiger partial charge in [-0.15, -0.1) is 0 Å². The van der Waals surface area contributed by atoms with E-state index in [-0.39, 0.29) is 0 Å². The van der Waals surface area contributed by atoms with Gasteiger partial charge in [0.2, 0.25) is 0 Å². The molecule has 0 heterocycles. The summed E-state index contributed by atoms with van der Waals surface area (Å²) in [6.07, 6.45) is 2.94. The number of hydrogen-bond donors (Lipinski definition) is 0. The van der Waals surface area contributed by atoms with Crippen LogP contribution in [0, 0.1) is 0 Å². The molecule has 0 saturated heterocycles. The van der Waals surface area contributed by atoms with Crippen LogP contribution in [0.25, 0.3) is 11.1 Å². The zero-order valence-electron chi connectivity index (χ0n) is 14.0. The molecule has 118 valence electrons. The van der Waals surface area contributed by atoms with Gasteiger partial charge in [0.15, 0.2) is 0 Å². The minimum atomic E-state index is 1.01. The van der Waals surface area contributed by atoms with Crippen LogP contribution >= 0.6 is 0 Å². The molecule has 0 amide bonds. The number of nitrogens with zero attached hydrogens (tertiary/aromatic N) is 2. The van der Waals surface area contributed by atoms with E-state index in [9.17, 15) is 0 Å². The van der Waals surface area contributed by atoms with E-state index in [4.69, 9.17) is 0 Å². The largest absolute Gasteiger partial charge is 0.378 e. The Kier molecular flexibility index (Phi) is 3.66. The molecule has 3 aromatic rings. The van der Waals surface area contributed by atoms with Crippen molar-refractivity contribution in [3.05, 3.63) is 83.4 Å². The second kappa shape index (κ2) is 5.97. The highest BCUT2D eigenvalue weighted by Gasteiger charge is 2.17. The Morgan fingerprint density at radius 3 is 2.38 bits per heavy atom. The molecule has 0 N–H and O–H groups in total. The van der Waals surface area contributed by atoms with E-state index in [1.807, 2.05) is 20.3 Å². The van der Waals surface area contributed by atoms with Crippen molar-refractivity contribution in [2.45, 2.75) is 6.42 Å². The van der Waals surface area contributed by atoms with E-state index in [0.29, 0.717) is 0 Å². The minimum absolute atomic E-state index is 1.01. The van der Waals surface area contributed by atoms with Crippen LogP contribution in [0.1, 0.15) is 16.7 Å². The third-order valence-corrected chi connectivity index (χ3v) is 4.55. The highest BCUT2D eigenvalue weighted by molar-refractivity contribution is 5.84. The summed E-state index contributed by atoms with van der Waals surface area (Å²) in [4.78, 5) is 6.75. The second-order valence-corrected chi connectivity index (χ2v) is 6.42. The van der Waals surface area contributed by atoms with Gasteiger partial charge in [-0.25, -0.2) is 0 Å². The zero-order chi connectivity index (χ0) is 16.5. The van der Waals surface area contributed by atoms with Crippen molar-refractivity contribution in [2.75, 3.05) is 19.0 Å². The molecule has 0 atom stereocenters. The number of aliphatic imine (C=N–C) groups is 1. The normalized spacial score (nSPS) is 12.2. The number of benzene rings is 3. The van der Waals surface area contributed by atoms with Crippen LogP contribution in [0.5, 0.6) is 0 Å². The average Bonchev–Trinajstić information content (AvgIpc) is 2.98. The standard InChI is InChI=1S/C22H20N2/c1-24(2)20-10-7-16(8-11-20)15-23-19-9-12-22-18(14-19)13-17-5-3-4-6-21(17)22/h3-12,14-15H,13H2,1-2H3/b23-15+. The molecule has 0 aromatic heterocycles. The van der Waals surface area contributed by atoms with Gasteiger partial charge < -0.3 is 4.90 Å². The Balaban J connectivity index is 1.57. The predicted octanol–water partition coefficient (Wildman–Crippen LogP) is 5.07. The Morgan fingerprint density at radius 1 is 0.833 bits per heavy atom. The van der Waals surface area contributed by atoms with Crippen LogP contribution in [-0.4, -0.2) is 20.3 Å². The molecule has 24 heavy (non-hydrogen) atoms. The van der Waals surface area contributed by atoms with Crippen LogP contribution in [0.4, 0.5) is 11.4 Å². The molecule has 0 aliphatic heterocycles. The van der Waals surface area contributed by atoms with Gasteiger partial charge in [0.05, 0.1) is 5.69 Å². The molecule has 4 rings (SSSR count). The van der Waals surface area contributed by atoms with E-state index in [1.54, 1.807) is 0 Å². The molecular formula is C22H20N2. The van der Waals surface area contributed by atoms with Crippen molar-refractivity contribution < 1.29 is 0 Å². The summed E-state index contributed by atoms with van der Waals surface area (Å²) in [7, 11) is 4.09. The fourth-order valence-corrected chi connectivity index (χ4v) is 3.22. The van der Waals surface area contributed by atoms with Crippen molar-refractivity contribution in [3.63, 3.8) is 0 Å². The molecule has 3 aromatic carbocycles. The highest BCUT2D eigenvalue weighted by atomic mass is 15.1. The van der Waals surface area contributed by atoms with E-state index in [2.05, 4.69) is 76.6 Å². The Morgan fingerprint density at radius 2 is 1.58 bits per heavy atom. The van der Waals surface area contributed by atoms with Gasteiger partial charge in [-0.05, 0) is 58.5 Å². The quantitative estimate of drug-likeness (QED) is 0.482. The van der Waals surface area contributed by atoms with E-state index in [1.165, 1.54) is 27.9 Å². The SMILES string of the molecule is CN(C)c1ccc(/C=N/c2ccc3c(c2)Cc2ccccc2-3)cc1. The number of anilines is 1. The van der Waals surface area contributed by atoms with Crippen molar-refractivity contribution >= 4 is 17.6 Å². The number of hydrogen-bond acceptors (Lipinski definition) is 2. The first-order valence-electron chi connectivity index (χ1n) is 8.23. The lowest BCUT2D eigenvalue weighted by Crippen LogP contribution is -2.08. The maximum atomic E-state index is 4.65. The molecule has 0 unspecified atom stereocenters. The van der Waals surface area contributed by atoms with Crippen LogP contribution in [0.3, 0.4) is 0 Å². The molecular weight excluding hydrogens is 292 g/mol. The summed E-state index contributed by atoms with van der Waals surface area (Å²) in [5.41, 5.74) is 8.81. The van der Waals surface area contributed by atoms with Crippen molar-refractivity contribution in [1.29, 1.82) is 0 Å². The predicted molar refractivity (Wildman–Crippen MR) is 103 cm³/mol. The Labute approximate surface area is 143 Å². The first-order valence-corrected chi connectivity index (χ1v) is 8.23. The van der Waals surface area contributed by atoms with Crippen molar-refractivity contribution in [2.24, 2.45) is 4.99 Å². The Hall–Kier alpha value is -2.87. The summed E-state index contributed by atoms with van der Waals surface area (Å²) >= 11 is 0. The fraction of sp³-hybridized carbons (Fsp3) is 0.136. The maximum Gasteiger partial charge on any atom is 0.0633 e. The second-order valence-electron chi connectivity index (χ2n) is 6.42.